The molecule has 0 heterocycles. The Labute approximate surface area is 203 Å². The van der Waals surface area contributed by atoms with Crippen LogP contribution in [0.5, 0.6) is 5.75 Å². The van der Waals surface area contributed by atoms with Gasteiger partial charge >= 0.3 is 11.9 Å². The molecule has 0 aliphatic heterocycles. The number of nitrogens with one attached hydrogen (secondary N) is 2. The van der Waals surface area contributed by atoms with Gasteiger partial charge in [-0.05, 0) is 66.2 Å². The normalized spacial score (nSPS) is 10.8. The van der Waals surface area contributed by atoms with Crippen molar-refractivity contribution in [1.82, 2.24) is 5.32 Å². The predicted octanol–water partition coefficient (Wildman–Crippen LogP) is 4.48. The molecule has 0 spiro atoms. The lowest BCUT2D eigenvalue weighted by atomic mass is 10.1. The Hall–Kier alpha value is -4.24. The molecule has 0 radical (unpaired) electrons. The van der Waals surface area contributed by atoms with E-state index in [1.807, 2.05) is 0 Å². The molecule has 0 fully saturated rings. The van der Waals surface area contributed by atoms with Crippen LogP contribution in [-0.2, 0) is 9.59 Å². The van der Waals surface area contributed by atoms with Crippen molar-refractivity contribution >= 4 is 51.4 Å². The number of anilines is 1. The zero-order chi connectivity index (χ0) is 24.7. The minimum absolute atomic E-state index is 0.0486. The minimum Gasteiger partial charge on any atom is -0.478 e. The molecule has 0 aliphatic carbocycles. The third kappa shape index (κ3) is 6.88. The molecule has 0 saturated carbocycles. The van der Waals surface area contributed by atoms with Crippen LogP contribution < -0.4 is 15.4 Å². The highest BCUT2D eigenvalue weighted by molar-refractivity contribution is 9.10. The quantitative estimate of drug-likeness (QED) is 0.239. The van der Waals surface area contributed by atoms with Crippen LogP contribution in [0.3, 0.4) is 0 Å². The molecule has 3 rings (SSSR count). The summed E-state index contributed by atoms with van der Waals surface area (Å²) in [4.78, 5) is 47.9. The molecular weight excluding hydrogens is 504 g/mol. The Morgan fingerprint density at radius 2 is 1.59 bits per heavy atom. The zero-order valence-corrected chi connectivity index (χ0v) is 19.5. The third-order valence-electron chi connectivity index (χ3n) is 4.42. The number of ether oxygens (including phenoxy) is 1. The van der Waals surface area contributed by atoms with E-state index in [0.29, 0.717) is 27.0 Å². The van der Waals surface area contributed by atoms with E-state index in [1.165, 1.54) is 37.3 Å². The number of halogens is 1. The Balaban J connectivity index is 1.87. The topological polar surface area (TPSA) is 122 Å². The van der Waals surface area contributed by atoms with Gasteiger partial charge in [0.2, 0.25) is 0 Å². The molecule has 172 valence electrons. The van der Waals surface area contributed by atoms with Crippen LogP contribution in [0.15, 0.2) is 83.0 Å². The van der Waals surface area contributed by atoms with Gasteiger partial charge in [-0.15, -0.1) is 0 Å². The Bertz CT molecular complexity index is 1270. The number of hydrogen-bond donors (Lipinski definition) is 3. The largest absolute Gasteiger partial charge is 0.478 e. The number of amides is 2. The summed E-state index contributed by atoms with van der Waals surface area (Å²) in [7, 11) is 0. The number of aromatic carboxylic acids is 1. The second kappa shape index (κ2) is 11.1. The summed E-state index contributed by atoms with van der Waals surface area (Å²) in [5, 5.41) is 14.3. The molecule has 3 aromatic rings. The van der Waals surface area contributed by atoms with Crippen molar-refractivity contribution in [3.8, 4) is 5.75 Å². The van der Waals surface area contributed by atoms with Gasteiger partial charge in [-0.2, -0.15) is 0 Å². The first-order valence-electron chi connectivity index (χ1n) is 9.93. The number of hydrogen-bond acceptors (Lipinski definition) is 5. The zero-order valence-electron chi connectivity index (χ0n) is 17.9. The van der Waals surface area contributed by atoms with Crippen molar-refractivity contribution in [3.05, 3.63) is 99.7 Å². The van der Waals surface area contributed by atoms with Gasteiger partial charge in [0.25, 0.3) is 11.8 Å². The second-order valence-corrected chi connectivity index (χ2v) is 7.94. The summed E-state index contributed by atoms with van der Waals surface area (Å²) < 4.78 is 5.71. The van der Waals surface area contributed by atoms with E-state index in [1.54, 1.807) is 48.5 Å². The first-order chi connectivity index (χ1) is 16.2. The maximum Gasteiger partial charge on any atom is 0.335 e. The standard InChI is InChI=1S/C25H19BrN2O6/c1-15(29)34-21-11-5-16(6-12-21)13-22(28-23(30)18-3-2-4-19(26)14-18)24(31)27-20-9-7-17(8-10-20)25(32)33/h2-14H,1H3,(H,27,31)(H,28,30)(H,32,33). The summed E-state index contributed by atoms with van der Waals surface area (Å²) in [5.41, 5.74) is 1.28. The average Bonchev–Trinajstić information content (AvgIpc) is 2.79. The molecule has 0 bridgehead atoms. The van der Waals surface area contributed by atoms with Crippen LogP contribution in [0.4, 0.5) is 5.69 Å². The SMILES string of the molecule is CC(=O)Oc1ccc(C=C(NC(=O)c2cccc(Br)c2)C(=O)Nc2ccc(C(=O)O)cc2)cc1. The van der Waals surface area contributed by atoms with Crippen molar-refractivity contribution in [3.63, 3.8) is 0 Å². The summed E-state index contributed by atoms with van der Waals surface area (Å²) in [6, 6.07) is 18.7. The van der Waals surface area contributed by atoms with E-state index in [9.17, 15) is 19.2 Å². The number of benzene rings is 3. The smallest absolute Gasteiger partial charge is 0.335 e. The molecule has 0 aliphatic rings. The molecule has 8 nitrogen and oxygen atoms in total. The maximum atomic E-state index is 13.0. The Morgan fingerprint density at radius 3 is 2.18 bits per heavy atom. The van der Waals surface area contributed by atoms with Gasteiger partial charge in [0.05, 0.1) is 5.56 Å². The van der Waals surface area contributed by atoms with Crippen LogP contribution in [0, 0.1) is 0 Å². The highest BCUT2D eigenvalue weighted by Gasteiger charge is 2.16. The number of esters is 1. The Morgan fingerprint density at radius 1 is 0.912 bits per heavy atom. The van der Waals surface area contributed by atoms with Gasteiger partial charge in [0.1, 0.15) is 11.4 Å². The lowest BCUT2D eigenvalue weighted by Crippen LogP contribution is -2.30. The van der Waals surface area contributed by atoms with Crippen LogP contribution in [0.25, 0.3) is 6.08 Å². The van der Waals surface area contributed by atoms with Crippen molar-refractivity contribution in [1.29, 1.82) is 0 Å². The van der Waals surface area contributed by atoms with Crippen molar-refractivity contribution < 1.29 is 29.0 Å². The highest BCUT2D eigenvalue weighted by Crippen LogP contribution is 2.17. The van der Waals surface area contributed by atoms with E-state index in [4.69, 9.17) is 9.84 Å². The first-order valence-corrected chi connectivity index (χ1v) is 10.7. The maximum absolute atomic E-state index is 13.0. The molecule has 0 aromatic heterocycles. The monoisotopic (exact) mass is 522 g/mol. The van der Waals surface area contributed by atoms with Crippen LogP contribution in [0.2, 0.25) is 0 Å². The molecule has 3 aromatic carbocycles. The van der Waals surface area contributed by atoms with E-state index in [0.717, 1.165) is 0 Å². The molecular formula is C25H19BrN2O6. The lowest BCUT2D eigenvalue weighted by molar-refractivity contribution is -0.131. The first kappa shape index (κ1) is 24.4. The lowest BCUT2D eigenvalue weighted by Gasteiger charge is -2.12. The second-order valence-electron chi connectivity index (χ2n) is 7.02. The molecule has 0 saturated heterocycles. The van der Waals surface area contributed by atoms with E-state index >= 15 is 0 Å². The number of carbonyl (C=O) groups is 4. The van der Waals surface area contributed by atoms with Crippen molar-refractivity contribution in [2.75, 3.05) is 5.32 Å². The number of rotatable bonds is 7. The van der Waals surface area contributed by atoms with Crippen LogP contribution in [0.1, 0.15) is 33.2 Å². The van der Waals surface area contributed by atoms with Crippen molar-refractivity contribution in [2.24, 2.45) is 0 Å². The summed E-state index contributed by atoms with van der Waals surface area (Å²) in [6.07, 6.45) is 1.47. The minimum atomic E-state index is -1.09. The van der Waals surface area contributed by atoms with Gasteiger partial charge in [0, 0.05) is 22.6 Å². The van der Waals surface area contributed by atoms with Gasteiger partial charge in [-0.1, -0.05) is 34.1 Å². The van der Waals surface area contributed by atoms with Gasteiger partial charge in [-0.25, -0.2) is 4.79 Å². The van der Waals surface area contributed by atoms with Gasteiger partial charge < -0.3 is 20.5 Å². The Kier molecular flexibility index (Phi) is 7.94. The van der Waals surface area contributed by atoms with Crippen molar-refractivity contribution in [2.45, 2.75) is 6.92 Å². The molecule has 34 heavy (non-hydrogen) atoms. The fourth-order valence-electron chi connectivity index (χ4n) is 2.84. The molecule has 2 amide bonds. The summed E-state index contributed by atoms with van der Waals surface area (Å²) >= 11 is 3.31. The van der Waals surface area contributed by atoms with Gasteiger partial charge in [-0.3, -0.25) is 14.4 Å². The third-order valence-corrected chi connectivity index (χ3v) is 4.92. The average molecular weight is 523 g/mol. The molecule has 9 heteroatoms. The van der Waals surface area contributed by atoms with E-state index in [-0.39, 0.29) is 11.3 Å². The molecule has 0 atom stereocenters. The van der Waals surface area contributed by atoms with E-state index < -0.39 is 23.8 Å². The van der Waals surface area contributed by atoms with Crippen LogP contribution in [-0.4, -0.2) is 28.9 Å². The number of carboxylic acids is 1. The highest BCUT2D eigenvalue weighted by atomic mass is 79.9. The van der Waals surface area contributed by atoms with E-state index in [2.05, 4.69) is 26.6 Å². The molecule has 3 N–H and O–H groups in total. The van der Waals surface area contributed by atoms with Crippen LogP contribution >= 0.6 is 15.9 Å². The summed E-state index contributed by atoms with van der Waals surface area (Å²) in [6.45, 7) is 1.29. The number of carboxylic acid groups (broad SMARTS) is 1. The van der Waals surface area contributed by atoms with Gasteiger partial charge in [0.15, 0.2) is 0 Å². The predicted molar refractivity (Wildman–Crippen MR) is 129 cm³/mol. The fourth-order valence-corrected chi connectivity index (χ4v) is 3.24. The molecule has 0 unspecified atom stereocenters. The number of carbonyl (C=O) groups excluding carboxylic acids is 3. The fraction of sp³-hybridized carbons (Fsp3) is 0.0400. The summed E-state index contributed by atoms with van der Waals surface area (Å²) in [5.74, 6) is -2.32.